The van der Waals surface area contributed by atoms with Crippen LogP contribution in [0.3, 0.4) is 0 Å². The quantitative estimate of drug-likeness (QED) is 0.529. The summed E-state index contributed by atoms with van der Waals surface area (Å²) in [7, 11) is -2.03. The van der Waals surface area contributed by atoms with Gasteiger partial charge < -0.3 is 13.6 Å². The Morgan fingerprint density at radius 1 is 1.37 bits per heavy atom. The van der Waals surface area contributed by atoms with Gasteiger partial charge in [0.2, 0.25) is 0 Å². The summed E-state index contributed by atoms with van der Waals surface area (Å²) in [6.07, 6.45) is 4.09. The number of hydrogen-bond acceptors (Lipinski definition) is 3. The predicted octanol–water partition coefficient (Wildman–Crippen LogP) is 3.54. The van der Waals surface area contributed by atoms with Crippen molar-refractivity contribution in [3.8, 4) is 0 Å². The van der Waals surface area contributed by atoms with E-state index in [1.165, 1.54) is 19.3 Å². The Kier molecular flexibility index (Phi) is 4.76. The molecule has 2 aliphatic rings. The molecule has 1 heterocycles. The lowest BCUT2D eigenvalue weighted by molar-refractivity contribution is 0.177. The molecule has 4 unspecified atom stereocenters. The lowest BCUT2D eigenvalue weighted by Crippen LogP contribution is -2.42. The van der Waals surface area contributed by atoms with E-state index in [1.807, 2.05) is 13.8 Å². The van der Waals surface area contributed by atoms with Gasteiger partial charge in [-0.05, 0) is 64.5 Å². The van der Waals surface area contributed by atoms with Gasteiger partial charge in [-0.25, -0.2) is 0 Å². The molecule has 4 atom stereocenters. The number of hydrogen-bond donors (Lipinski definition) is 0. The molecule has 4 heteroatoms. The minimum absolute atomic E-state index is 0.205. The fourth-order valence-corrected chi connectivity index (χ4v) is 6.34. The van der Waals surface area contributed by atoms with Crippen molar-refractivity contribution >= 4 is 8.56 Å². The van der Waals surface area contributed by atoms with Crippen LogP contribution in [0.2, 0.25) is 12.6 Å². The molecular formula is C15H29O3Si. The first kappa shape index (κ1) is 15.5. The van der Waals surface area contributed by atoms with Gasteiger partial charge in [0.15, 0.2) is 0 Å². The van der Waals surface area contributed by atoms with Crippen molar-refractivity contribution in [3.05, 3.63) is 6.92 Å². The second kappa shape index (κ2) is 5.84. The number of epoxide rings is 1. The van der Waals surface area contributed by atoms with E-state index in [-0.39, 0.29) is 5.60 Å². The minimum atomic E-state index is -2.03. The van der Waals surface area contributed by atoms with E-state index in [2.05, 4.69) is 20.4 Å². The highest BCUT2D eigenvalue weighted by atomic mass is 28.4. The molecule has 1 saturated heterocycles. The Hall–Kier alpha value is 0.0969. The van der Waals surface area contributed by atoms with Crippen molar-refractivity contribution < 1.29 is 13.6 Å². The Morgan fingerprint density at radius 2 is 2.00 bits per heavy atom. The molecule has 111 valence electrons. The maximum atomic E-state index is 5.93. The fraction of sp³-hybridized carbons (Fsp3) is 0.933. The molecule has 0 amide bonds. The summed E-state index contributed by atoms with van der Waals surface area (Å²) in [6.45, 7) is 14.4. The smallest absolute Gasteiger partial charge is 0.335 e. The van der Waals surface area contributed by atoms with Crippen LogP contribution in [0, 0.1) is 18.8 Å². The number of rotatable bonds is 7. The second-order valence-electron chi connectivity index (χ2n) is 6.42. The Balaban J connectivity index is 1.86. The lowest BCUT2D eigenvalue weighted by Gasteiger charge is -2.33. The summed E-state index contributed by atoms with van der Waals surface area (Å²) in [5, 5.41) is 0. The summed E-state index contributed by atoms with van der Waals surface area (Å²) in [6, 6.07) is 1.00. The molecule has 1 radical (unpaired) electrons. The molecule has 3 nitrogen and oxygen atoms in total. The van der Waals surface area contributed by atoms with Crippen LogP contribution in [0.5, 0.6) is 0 Å². The molecule has 0 aromatic heterocycles. The maximum Gasteiger partial charge on any atom is 0.335 e. The van der Waals surface area contributed by atoms with Crippen LogP contribution in [0.1, 0.15) is 40.0 Å². The first-order chi connectivity index (χ1) is 8.92. The molecule has 0 bridgehead atoms. The molecule has 1 aliphatic heterocycles. The SMILES string of the molecule is [CH2]C(C[Si](C)(OCC)OCC)C1CCC2(C)OC2C1. The van der Waals surface area contributed by atoms with Crippen LogP contribution < -0.4 is 0 Å². The summed E-state index contributed by atoms with van der Waals surface area (Å²) in [4.78, 5) is 0. The van der Waals surface area contributed by atoms with Crippen molar-refractivity contribution in [1.82, 2.24) is 0 Å². The van der Waals surface area contributed by atoms with Gasteiger partial charge in [-0.15, -0.1) is 0 Å². The van der Waals surface area contributed by atoms with Crippen molar-refractivity contribution in [2.24, 2.45) is 11.8 Å². The van der Waals surface area contributed by atoms with Gasteiger partial charge in [0, 0.05) is 13.2 Å². The zero-order chi connectivity index (χ0) is 14.1. The molecule has 2 rings (SSSR count). The van der Waals surface area contributed by atoms with Crippen LogP contribution in [0.25, 0.3) is 0 Å². The number of fused-ring (bicyclic) bond motifs is 1. The lowest BCUT2D eigenvalue weighted by atomic mass is 9.77. The normalized spacial score (nSPS) is 35.8. The van der Waals surface area contributed by atoms with Crippen molar-refractivity contribution in [3.63, 3.8) is 0 Å². The van der Waals surface area contributed by atoms with Gasteiger partial charge in [-0.1, -0.05) is 6.92 Å². The van der Waals surface area contributed by atoms with E-state index in [0.717, 1.165) is 19.3 Å². The number of ether oxygens (including phenoxy) is 1. The van der Waals surface area contributed by atoms with Gasteiger partial charge in [-0.3, -0.25) is 0 Å². The molecule has 1 aliphatic carbocycles. The molecule has 0 aromatic rings. The summed E-state index contributed by atoms with van der Waals surface area (Å²) < 4.78 is 17.7. The van der Waals surface area contributed by atoms with Gasteiger partial charge in [-0.2, -0.15) is 0 Å². The Morgan fingerprint density at radius 3 is 2.53 bits per heavy atom. The van der Waals surface area contributed by atoms with Crippen LogP contribution in [-0.4, -0.2) is 33.5 Å². The van der Waals surface area contributed by atoms with Crippen LogP contribution in [0.4, 0.5) is 0 Å². The molecule has 1 saturated carbocycles. The third-order valence-corrected chi connectivity index (χ3v) is 7.83. The zero-order valence-electron chi connectivity index (χ0n) is 12.9. The molecule has 0 spiro atoms. The first-order valence-corrected chi connectivity index (χ1v) is 10.2. The molecule has 0 N–H and O–H groups in total. The van der Waals surface area contributed by atoms with E-state index in [4.69, 9.17) is 13.6 Å². The zero-order valence-corrected chi connectivity index (χ0v) is 13.9. The maximum absolute atomic E-state index is 5.93. The fourth-order valence-electron chi connectivity index (χ4n) is 3.51. The predicted molar refractivity (Wildman–Crippen MR) is 79.1 cm³/mol. The van der Waals surface area contributed by atoms with E-state index < -0.39 is 8.56 Å². The summed E-state index contributed by atoms with van der Waals surface area (Å²) in [5.41, 5.74) is 0.205. The van der Waals surface area contributed by atoms with Crippen molar-refractivity contribution in [2.75, 3.05) is 13.2 Å². The van der Waals surface area contributed by atoms with Crippen LogP contribution in [0.15, 0.2) is 0 Å². The summed E-state index contributed by atoms with van der Waals surface area (Å²) in [5.74, 6) is 1.11. The summed E-state index contributed by atoms with van der Waals surface area (Å²) >= 11 is 0. The third kappa shape index (κ3) is 3.60. The van der Waals surface area contributed by atoms with Crippen molar-refractivity contribution in [2.45, 2.75) is 64.3 Å². The first-order valence-electron chi connectivity index (χ1n) is 7.71. The standard InChI is InChI=1S/C15H29O3Si/c1-6-16-19(5,17-7-2)11-12(3)13-8-9-15(4)14(10-13)18-15/h12-14H,3,6-11H2,1-2,4-5H3. The van der Waals surface area contributed by atoms with Crippen LogP contribution >= 0.6 is 0 Å². The monoisotopic (exact) mass is 285 g/mol. The van der Waals surface area contributed by atoms with E-state index in [1.54, 1.807) is 0 Å². The average molecular weight is 285 g/mol. The highest BCUT2D eigenvalue weighted by Gasteiger charge is 2.56. The Bertz CT molecular complexity index is 304. The van der Waals surface area contributed by atoms with E-state index in [9.17, 15) is 0 Å². The molecule has 0 aromatic carbocycles. The molecule has 2 fully saturated rings. The van der Waals surface area contributed by atoms with E-state index >= 15 is 0 Å². The third-order valence-electron chi connectivity index (χ3n) is 4.76. The highest BCUT2D eigenvalue weighted by molar-refractivity contribution is 6.66. The Labute approximate surface area is 119 Å². The van der Waals surface area contributed by atoms with Gasteiger partial charge in [0.25, 0.3) is 0 Å². The largest absolute Gasteiger partial charge is 0.395 e. The topological polar surface area (TPSA) is 31.0 Å². The van der Waals surface area contributed by atoms with Gasteiger partial charge >= 0.3 is 8.56 Å². The van der Waals surface area contributed by atoms with Gasteiger partial charge in [0.05, 0.1) is 11.7 Å². The second-order valence-corrected chi connectivity index (χ2v) is 9.67. The average Bonchev–Trinajstić information content (AvgIpc) is 2.99. The molecule has 19 heavy (non-hydrogen) atoms. The van der Waals surface area contributed by atoms with Crippen molar-refractivity contribution in [1.29, 1.82) is 0 Å². The molecular weight excluding hydrogens is 256 g/mol. The minimum Gasteiger partial charge on any atom is -0.395 e. The van der Waals surface area contributed by atoms with E-state index in [0.29, 0.717) is 17.9 Å². The highest BCUT2D eigenvalue weighted by Crippen LogP contribution is 2.51. The van der Waals surface area contributed by atoms with Gasteiger partial charge in [0.1, 0.15) is 0 Å². The van der Waals surface area contributed by atoms with Crippen LogP contribution in [-0.2, 0) is 13.6 Å².